The molecule has 1 aromatic carbocycles. The fourth-order valence-electron chi connectivity index (χ4n) is 1.93. The first-order chi connectivity index (χ1) is 9.94. The molecule has 2 aromatic rings. The number of rotatable bonds is 4. The Hall–Kier alpha value is -2.01. The molecule has 0 fully saturated rings. The van der Waals surface area contributed by atoms with Gasteiger partial charge in [-0.3, -0.25) is 4.79 Å². The number of aryl methyl sites for hydroxylation is 3. The Bertz CT molecular complexity index is 650. The smallest absolute Gasteiger partial charge is 0.234 e. The molecule has 4 nitrogen and oxygen atoms in total. The Kier molecular flexibility index (Phi) is 4.85. The number of nitrogen functional groups attached to an aromatic ring is 1. The zero-order chi connectivity index (χ0) is 15.4. The van der Waals surface area contributed by atoms with Crippen LogP contribution in [0.25, 0.3) is 0 Å². The highest BCUT2D eigenvalue weighted by atomic mass is 32.2. The van der Waals surface area contributed by atoms with Crippen molar-refractivity contribution >= 4 is 29.0 Å². The summed E-state index contributed by atoms with van der Waals surface area (Å²) >= 11 is 1.43. The first-order valence-electron chi connectivity index (χ1n) is 6.68. The predicted octanol–water partition coefficient (Wildman–Crippen LogP) is 3.32. The second-order valence-corrected chi connectivity index (χ2v) is 6.03. The lowest BCUT2D eigenvalue weighted by Crippen LogP contribution is -2.14. The molecule has 0 radical (unpaired) electrons. The number of anilines is 2. The molecule has 0 unspecified atom stereocenters. The van der Waals surface area contributed by atoms with Crippen LogP contribution in [0.3, 0.4) is 0 Å². The molecule has 0 aliphatic rings. The lowest BCUT2D eigenvalue weighted by Gasteiger charge is -2.08. The number of thioether (sulfide) groups is 1. The molecule has 5 heteroatoms. The van der Waals surface area contributed by atoms with Gasteiger partial charge in [-0.1, -0.05) is 17.8 Å². The summed E-state index contributed by atoms with van der Waals surface area (Å²) in [5.41, 5.74) is 10.3. The highest BCUT2D eigenvalue weighted by Crippen LogP contribution is 2.20. The van der Waals surface area contributed by atoms with Crippen molar-refractivity contribution in [3.8, 4) is 0 Å². The fourth-order valence-corrected chi connectivity index (χ4v) is 2.76. The van der Waals surface area contributed by atoms with E-state index in [-0.39, 0.29) is 5.91 Å². The molecule has 0 saturated heterocycles. The highest BCUT2D eigenvalue weighted by molar-refractivity contribution is 7.99. The number of carbonyl (C=O) groups excluding carboxylic acids is 1. The summed E-state index contributed by atoms with van der Waals surface area (Å²) in [5, 5.41) is 3.71. The molecular weight excluding hydrogens is 282 g/mol. The van der Waals surface area contributed by atoms with Gasteiger partial charge in [0.15, 0.2) is 0 Å². The van der Waals surface area contributed by atoms with Crippen molar-refractivity contribution < 1.29 is 4.79 Å². The number of aromatic nitrogens is 1. The van der Waals surface area contributed by atoms with E-state index in [2.05, 4.69) is 10.3 Å². The lowest BCUT2D eigenvalue weighted by molar-refractivity contribution is -0.113. The third-order valence-corrected chi connectivity index (χ3v) is 3.90. The molecule has 110 valence electrons. The number of pyridine rings is 1. The summed E-state index contributed by atoms with van der Waals surface area (Å²) in [6.45, 7) is 5.91. The van der Waals surface area contributed by atoms with Crippen molar-refractivity contribution in [1.82, 2.24) is 4.98 Å². The van der Waals surface area contributed by atoms with Gasteiger partial charge in [-0.25, -0.2) is 4.98 Å². The van der Waals surface area contributed by atoms with Crippen molar-refractivity contribution in [2.45, 2.75) is 25.8 Å². The number of hydrogen-bond donors (Lipinski definition) is 2. The average molecular weight is 301 g/mol. The summed E-state index contributed by atoms with van der Waals surface area (Å²) in [4.78, 5) is 16.4. The van der Waals surface area contributed by atoms with Crippen LogP contribution in [-0.2, 0) is 4.79 Å². The molecule has 0 aliphatic heterocycles. The standard InChI is InChI=1S/C16H19N3OS/c1-10-6-12(3)18-16(7-10)21-9-15(20)19-13-5-4-11(2)14(17)8-13/h4-8H,9,17H2,1-3H3,(H,19,20). The van der Waals surface area contributed by atoms with Crippen LogP contribution >= 0.6 is 11.8 Å². The van der Waals surface area contributed by atoms with Crippen molar-refractivity contribution in [1.29, 1.82) is 0 Å². The van der Waals surface area contributed by atoms with Crippen LogP contribution in [0.1, 0.15) is 16.8 Å². The third-order valence-electron chi connectivity index (χ3n) is 2.99. The summed E-state index contributed by atoms with van der Waals surface area (Å²) in [6.07, 6.45) is 0. The molecule has 3 N–H and O–H groups in total. The number of benzene rings is 1. The summed E-state index contributed by atoms with van der Waals surface area (Å²) < 4.78 is 0. The van der Waals surface area contributed by atoms with E-state index in [0.29, 0.717) is 11.4 Å². The number of hydrogen-bond acceptors (Lipinski definition) is 4. The van der Waals surface area contributed by atoms with Crippen LogP contribution in [0.2, 0.25) is 0 Å². The minimum atomic E-state index is -0.0655. The Morgan fingerprint density at radius 2 is 2.00 bits per heavy atom. The van der Waals surface area contributed by atoms with Gasteiger partial charge >= 0.3 is 0 Å². The first-order valence-corrected chi connectivity index (χ1v) is 7.66. The lowest BCUT2D eigenvalue weighted by atomic mass is 10.2. The SMILES string of the molecule is Cc1cc(C)nc(SCC(=O)Nc2ccc(C)c(N)c2)c1. The molecule has 0 atom stereocenters. The number of nitrogens with zero attached hydrogens (tertiary/aromatic N) is 1. The Morgan fingerprint density at radius 3 is 2.67 bits per heavy atom. The largest absolute Gasteiger partial charge is 0.398 e. The topological polar surface area (TPSA) is 68.0 Å². The molecule has 2 rings (SSSR count). The predicted molar refractivity (Wildman–Crippen MR) is 88.7 cm³/mol. The maximum atomic E-state index is 12.0. The average Bonchev–Trinajstić information content (AvgIpc) is 2.40. The quantitative estimate of drug-likeness (QED) is 0.671. The second kappa shape index (κ2) is 6.63. The molecule has 0 aliphatic carbocycles. The Labute approximate surface area is 129 Å². The van der Waals surface area contributed by atoms with Gasteiger partial charge in [0.2, 0.25) is 5.91 Å². The van der Waals surface area contributed by atoms with Crippen LogP contribution in [0.4, 0.5) is 11.4 Å². The van der Waals surface area contributed by atoms with Crippen LogP contribution < -0.4 is 11.1 Å². The van der Waals surface area contributed by atoms with Gasteiger partial charge in [0.05, 0.1) is 10.8 Å². The van der Waals surface area contributed by atoms with Gasteiger partial charge in [0.25, 0.3) is 0 Å². The third kappa shape index (κ3) is 4.49. The number of carbonyl (C=O) groups is 1. The molecule has 1 amide bonds. The van der Waals surface area contributed by atoms with Gasteiger partial charge in [-0.05, 0) is 56.2 Å². The second-order valence-electron chi connectivity index (χ2n) is 5.03. The van der Waals surface area contributed by atoms with Crippen molar-refractivity contribution in [3.05, 3.63) is 47.2 Å². The van der Waals surface area contributed by atoms with Crippen molar-refractivity contribution in [2.24, 2.45) is 0 Å². The van der Waals surface area contributed by atoms with Crippen LogP contribution in [0.5, 0.6) is 0 Å². The maximum absolute atomic E-state index is 12.0. The maximum Gasteiger partial charge on any atom is 0.234 e. The van der Waals surface area contributed by atoms with Crippen LogP contribution in [0.15, 0.2) is 35.4 Å². The monoisotopic (exact) mass is 301 g/mol. The zero-order valence-corrected chi connectivity index (χ0v) is 13.3. The van der Waals surface area contributed by atoms with Gasteiger partial charge in [-0.15, -0.1) is 0 Å². The molecule has 1 aromatic heterocycles. The van der Waals surface area contributed by atoms with E-state index >= 15 is 0 Å². The van der Waals surface area contributed by atoms with E-state index in [1.54, 1.807) is 6.07 Å². The van der Waals surface area contributed by atoms with E-state index in [4.69, 9.17) is 5.73 Å². The fraction of sp³-hybridized carbons (Fsp3) is 0.250. The van der Waals surface area contributed by atoms with Crippen LogP contribution in [-0.4, -0.2) is 16.6 Å². The molecule has 0 saturated carbocycles. The normalized spacial score (nSPS) is 10.4. The first kappa shape index (κ1) is 15.4. The number of nitrogens with two attached hydrogens (primary N) is 1. The minimum absolute atomic E-state index is 0.0655. The Morgan fingerprint density at radius 1 is 1.24 bits per heavy atom. The van der Waals surface area contributed by atoms with E-state index in [1.165, 1.54) is 11.8 Å². The highest BCUT2D eigenvalue weighted by Gasteiger charge is 2.06. The molecule has 0 bridgehead atoms. The van der Waals surface area contributed by atoms with E-state index in [0.717, 1.165) is 27.5 Å². The molecule has 21 heavy (non-hydrogen) atoms. The zero-order valence-electron chi connectivity index (χ0n) is 12.4. The van der Waals surface area contributed by atoms with Crippen molar-refractivity contribution in [3.63, 3.8) is 0 Å². The van der Waals surface area contributed by atoms with Gasteiger partial charge in [0, 0.05) is 17.1 Å². The summed E-state index contributed by atoms with van der Waals surface area (Å²) in [7, 11) is 0. The summed E-state index contributed by atoms with van der Waals surface area (Å²) in [6, 6.07) is 9.51. The van der Waals surface area contributed by atoms with E-state index < -0.39 is 0 Å². The van der Waals surface area contributed by atoms with E-state index in [9.17, 15) is 4.79 Å². The van der Waals surface area contributed by atoms with Gasteiger partial charge in [-0.2, -0.15) is 0 Å². The minimum Gasteiger partial charge on any atom is -0.398 e. The van der Waals surface area contributed by atoms with E-state index in [1.807, 2.05) is 45.0 Å². The molecular formula is C16H19N3OS. The summed E-state index contributed by atoms with van der Waals surface area (Å²) in [5.74, 6) is 0.258. The van der Waals surface area contributed by atoms with Gasteiger partial charge < -0.3 is 11.1 Å². The van der Waals surface area contributed by atoms with Crippen molar-refractivity contribution in [2.75, 3.05) is 16.8 Å². The number of nitrogens with one attached hydrogen (secondary N) is 1. The van der Waals surface area contributed by atoms with Crippen LogP contribution in [0, 0.1) is 20.8 Å². The van der Waals surface area contributed by atoms with Gasteiger partial charge in [0.1, 0.15) is 0 Å². The Balaban J connectivity index is 1.94. The number of amides is 1. The molecule has 0 spiro atoms. The molecule has 1 heterocycles.